The van der Waals surface area contributed by atoms with E-state index >= 15 is 0 Å². The Hall–Kier alpha value is -1.45. The fourth-order valence-corrected chi connectivity index (χ4v) is 0.416. The molecule has 1 aromatic heterocycles. The second-order valence-electron chi connectivity index (χ2n) is 1.50. The maximum absolute atomic E-state index is 9.97. The largest absolute Gasteiger partial charge is 0.382 e. The number of nitrogen functional groups attached to an aromatic ring is 1. The molecule has 2 N–H and O–H groups in total. The van der Waals surface area contributed by atoms with Crippen molar-refractivity contribution < 1.29 is 4.79 Å². The summed E-state index contributed by atoms with van der Waals surface area (Å²) in [4.78, 5) is 9.97. The highest BCUT2D eigenvalue weighted by Crippen LogP contribution is 1.92. The molecule has 0 spiro atoms. The van der Waals surface area contributed by atoms with Crippen molar-refractivity contribution in [3.63, 3.8) is 0 Å². The van der Waals surface area contributed by atoms with E-state index in [0.717, 1.165) is 0 Å². The Balaban J connectivity index is 3.01. The van der Waals surface area contributed by atoms with Gasteiger partial charge in [0.05, 0.1) is 0 Å². The van der Waals surface area contributed by atoms with Crippen LogP contribution in [0.2, 0.25) is 0 Å². The summed E-state index contributed by atoms with van der Waals surface area (Å²) < 4.78 is 0. The minimum atomic E-state index is 0.296. The molecule has 4 nitrogen and oxygen atoms in total. The highest BCUT2D eigenvalue weighted by atomic mass is 16.1. The maximum atomic E-state index is 9.97. The highest BCUT2D eigenvalue weighted by molar-refractivity contribution is 5.71. The van der Waals surface area contributed by atoms with E-state index in [1.807, 2.05) is 0 Å². The van der Waals surface area contributed by atoms with Crippen molar-refractivity contribution in [3.05, 3.63) is 17.8 Å². The Labute approximate surface area is 51.7 Å². The number of aromatic nitrogens is 2. The number of nitrogens with two attached hydrogens (primary N) is 1. The first kappa shape index (κ1) is 5.68. The summed E-state index contributed by atoms with van der Waals surface area (Å²) in [6, 6.07) is 3.03. The molecule has 0 saturated heterocycles. The summed E-state index contributed by atoms with van der Waals surface area (Å²) in [5.74, 6) is 0.320. The average molecular weight is 123 g/mol. The van der Waals surface area contributed by atoms with Gasteiger partial charge in [-0.25, -0.2) is 0 Å². The maximum Gasteiger partial charge on any atom is 0.170 e. The van der Waals surface area contributed by atoms with Gasteiger partial charge in [-0.15, -0.1) is 10.2 Å². The van der Waals surface area contributed by atoms with Crippen LogP contribution in [0.3, 0.4) is 0 Å². The lowest BCUT2D eigenvalue weighted by Crippen LogP contribution is -1.94. The zero-order valence-corrected chi connectivity index (χ0v) is 4.61. The summed E-state index contributed by atoms with van der Waals surface area (Å²) in [5, 5.41) is 6.90. The van der Waals surface area contributed by atoms with Gasteiger partial charge in [0.25, 0.3) is 0 Å². The predicted molar refractivity (Wildman–Crippen MR) is 31.8 cm³/mol. The van der Waals surface area contributed by atoms with Gasteiger partial charge in [0, 0.05) is 0 Å². The molecule has 1 aromatic rings. The van der Waals surface area contributed by atoms with Gasteiger partial charge in [-0.05, 0) is 12.1 Å². The van der Waals surface area contributed by atoms with E-state index in [1.165, 1.54) is 12.1 Å². The van der Waals surface area contributed by atoms with Crippen LogP contribution in [-0.2, 0) is 0 Å². The molecule has 0 saturated carbocycles. The number of nitrogens with zero attached hydrogens (tertiary/aromatic N) is 2. The van der Waals surface area contributed by atoms with Crippen LogP contribution in [0.1, 0.15) is 10.5 Å². The van der Waals surface area contributed by atoms with Crippen molar-refractivity contribution in [3.8, 4) is 0 Å². The third-order valence-electron chi connectivity index (χ3n) is 0.827. The van der Waals surface area contributed by atoms with Crippen LogP contribution in [0, 0.1) is 0 Å². The smallest absolute Gasteiger partial charge is 0.170 e. The SMILES string of the molecule is Nc1ccc(C=O)nn1. The Morgan fingerprint density at radius 2 is 2.22 bits per heavy atom. The van der Waals surface area contributed by atoms with Crippen LogP contribution in [0.15, 0.2) is 12.1 Å². The van der Waals surface area contributed by atoms with Gasteiger partial charge in [-0.3, -0.25) is 4.79 Å². The molecule has 0 radical (unpaired) electrons. The number of hydrogen-bond acceptors (Lipinski definition) is 4. The van der Waals surface area contributed by atoms with E-state index in [9.17, 15) is 4.79 Å². The number of carbonyl (C=O) groups is 1. The molecular formula is C5H5N3O. The van der Waals surface area contributed by atoms with Crippen molar-refractivity contribution in [1.82, 2.24) is 10.2 Å². The van der Waals surface area contributed by atoms with E-state index < -0.39 is 0 Å². The highest BCUT2D eigenvalue weighted by Gasteiger charge is 1.88. The second kappa shape index (κ2) is 2.21. The summed E-state index contributed by atoms with van der Waals surface area (Å²) in [6.07, 6.45) is 0.617. The molecule has 9 heavy (non-hydrogen) atoms. The second-order valence-corrected chi connectivity index (χ2v) is 1.50. The van der Waals surface area contributed by atoms with Crippen LogP contribution < -0.4 is 5.73 Å². The molecule has 1 heterocycles. The fourth-order valence-electron chi connectivity index (χ4n) is 0.416. The lowest BCUT2D eigenvalue weighted by molar-refractivity contribution is 0.111. The van der Waals surface area contributed by atoms with E-state index in [2.05, 4.69) is 10.2 Å². The van der Waals surface area contributed by atoms with Gasteiger partial charge in [0.2, 0.25) is 0 Å². The number of aldehydes is 1. The van der Waals surface area contributed by atoms with E-state index in [-0.39, 0.29) is 0 Å². The van der Waals surface area contributed by atoms with Crippen molar-refractivity contribution in [2.24, 2.45) is 0 Å². The molecule has 1 rings (SSSR count). The Kier molecular flexibility index (Phi) is 1.40. The summed E-state index contributed by atoms with van der Waals surface area (Å²) >= 11 is 0. The summed E-state index contributed by atoms with van der Waals surface area (Å²) in [5.41, 5.74) is 5.49. The Morgan fingerprint density at radius 1 is 1.44 bits per heavy atom. The van der Waals surface area contributed by atoms with Gasteiger partial charge in [-0.1, -0.05) is 0 Å². The number of carbonyl (C=O) groups excluding carboxylic acids is 1. The lowest BCUT2D eigenvalue weighted by Gasteiger charge is -1.87. The first-order valence-corrected chi connectivity index (χ1v) is 2.37. The molecule has 0 aliphatic rings. The van der Waals surface area contributed by atoms with Gasteiger partial charge in [0.15, 0.2) is 6.29 Å². The van der Waals surface area contributed by atoms with Crippen LogP contribution in [-0.4, -0.2) is 16.5 Å². The summed E-state index contributed by atoms with van der Waals surface area (Å²) in [6.45, 7) is 0. The third kappa shape index (κ3) is 1.22. The van der Waals surface area contributed by atoms with E-state index in [0.29, 0.717) is 17.8 Å². The molecule has 0 aliphatic carbocycles. The number of hydrogen-bond donors (Lipinski definition) is 1. The molecule has 0 bridgehead atoms. The van der Waals surface area contributed by atoms with Crippen LogP contribution >= 0.6 is 0 Å². The fraction of sp³-hybridized carbons (Fsp3) is 0. The van der Waals surface area contributed by atoms with Gasteiger partial charge >= 0.3 is 0 Å². The zero-order chi connectivity index (χ0) is 6.69. The van der Waals surface area contributed by atoms with Crippen LogP contribution in [0.25, 0.3) is 0 Å². The molecule has 46 valence electrons. The van der Waals surface area contributed by atoms with Gasteiger partial charge in [-0.2, -0.15) is 0 Å². The predicted octanol–water partition coefficient (Wildman–Crippen LogP) is -0.129. The molecular weight excluding hydrogens is 118 g/mol. The normalized spacial score (nSPS) is 8.89. The van der Waals surface area contributed by atoms with Crippen molar-refractivity contribution in [1.29, 1.82) is 0 Å². The Bertz CT molecular complexity index is 206. The molecule has 0 atom stereocenters. The minimum absolute atomic E-state index is 0.296. The molecule has 0 amide bonds. The van der Waals surface area contributed by atoms with Crippen LogP contribution in [0.5, 0.6) is 0 Å². The van der Waals surface area contributed by atoms with Crippen molar-refractivity contribution in [2.45, 2.75) is 0 Å². The molecule has 4 heteroatoms. The number of anilines is 1. The quantitative estimate of drug-likeness (QED) is 0.528. The molecule has 0 aromatic carbocycles. The molecule has 0 fully saturated rings. The molecule has 0 unspecified atom stereocenters. The van der Waals surface area contributed by atoms with E-state index in [4.69, 9.17) is 5.73 Å². The minimum Gasteiger partial charge on any atom is -0.382 e. The monoisotopic (exact) mass is 123 g/mol. The van der Waals surface area contributed by atoms with Gasteiger partial charge < -0.3 is 5.73 Å². The third-order valence-corrected chi connectivity index (χ3v) is 0.827. The van der Waals surface area contributed by atoms with Crippen molar-refractivity contribution in [2.75, 3.05) is 5.73 Å². The zero-order valence-electron chi connectivity index (χ0n) is 4.61. The average Bonchev–Trinajstić information content (AvgIpc) is 1.90. The lowest BCUT2D eigenvalue weighted by atomic mass is 10.4. The molecule has 0 aliphatic heterocycles. The Morgan fingerprint density at radius 3 is 2.67 bits per heavy atom. The van der Waals surface area contributed by atoms with Crippen LogP contribution in [0.4, 0.5) is 5.82 Å². The summed E-state index contributed by atoms with van der Waals surface area (Å²) in [7, 11) is 0. The first-order valence-electron chi connectivity index (χ1n) is 2.37. The first-order chi connectivity index (χ1) is 4.33. The van der Waals surface area contributed by atoms with Crippen molar-refractivity contribution >= 4 is 12.1 Å². The number of rotatable bonds is 1. The standard InChI is InChI=1S/C5H5N3O/c6-5-2-1-4(3-9)7-8-5/h1-3H,(H2,6,8). The topological polar surface area (TPSA) is 68.9 Å². The van der Waals surface area contributed by atoms with Gasteiger partial charge in [0.1, 0.15) is 11.5 Å². The van der Waals surface area contributed by atoms with E-state index in [1.54, 1.807) is 0 Å².